The van der Waals surface area contributed by atoms with Gasteiger partial charge in [-0.05, 0) is 67.1 Å². The second-order valence-corrected chi connectivity index (χ2v) is 12.8. The van der Waals surface area contributed by atoms with Gasteiger partial charge >= 0.3 is 0 Å². The summed E-state index contributed by atoms with van der Waals surface area (Å²) < 4.78 is 6.89. The number of ketones is 1. The van der Waals surface area contributed by atoms with E-state index in [1.807, 2.05) is 19.2 Å². The lowest BCUT2D eigenvalue weighted by atomic mass is 9.36. The summed E-state index contributed by atoms with van der Waals surface area (Å²) in [6.45, 7) is 12.0. The summed E-state index contributed by atoms with van der Waals surface area (Å²) in [7, 11) is 1.81. The number of hydrogen-bond acceptors (Lipinski definition) is 4. The first-order chi connectivity index (χ1) is 16.5. The Morgan fingerprint density at radius 3 is 2.54 bits per heavy atom. The number of likely N-dealkylation sites (N-methyl/N-ethyl adjacent to an activating group) is 1. The third-order valence-electron chi connectivity index (χ3n) is 11.6. The molecule has 0 aromatic carbocycles. The Kier molecular flexibility index (Phi) is 5.50. The summed E-state index contributed by atoms with van der Waals surface area (Å²) >= 11 is 0. The van der Waals surface area contributed by atoms with Gasteiger partial charge in [-0.3, -0.25) is 9.59 Å². The number of ether oxygens (including phenoxy) is 1. The van der Waals surface area contributed by atoms with Gasteiger partial charge in [0, 0.05) is 29.8 Å². The van der Waals surface area contributed by atoms with Crippen LogP contribution in [0.4, 0.5) is 0 Å². The third-order valence-corrected chi connectivity index (χ3v) is 11.6. The van der Waals surface area contributed by atoms with Crippen molar-refractivity contribution in [2.24, 2.45) is 27.6 Å². The Morgan fingerprint density at radius 2 is 1.89 bits per heavy atom. The van der Waals surface area contributed by atoms with Crippen LogP contribution in [0.1, 0.15) is 92.4 Å². The van der Waals surface area contributed by atoms with E-state index in [1.165, 1.54) is 12.8 Å². The fourth-order valence-corrected chi connectivity index (χ4v) is 9.57. The Balaban J connectivity index is 1.70. The van der Waals surface area contributed by atoms with Crippen molar-refractivity contribution in [3.63, 3.8) is 0 Å². The maximum atomic E-state index is 14.5. The molecule has 3 aliphatic carbocycles. The molecule has 1 amide bonds. The van der Waals surface area contributed by atoms with Crippen LogP contribution in [0.3, 0.4) is 0 Å². The van der Waals surface area contributed by atoms with Crippen LogP contribution in [-0.2, 0) is 14.3 Å². The van der Waals surface area contributed by atoms with Crippen LogP contribution in [0.25, 0.3) is 0 Å². The number of carbonyl (C=O) groups is 2. The Bertz CT molecular complexity index is 1070. The molecule has 190 valence electrons. The van der Waals surface area contributed by atoms with Gasteiger partial charge in [-0.2, -0.15) is 5.26 Å². The average molecular weight is 479 g/mol. The zero-order chi connectivity index (χ0) is 25.4. The summed E-state index contributed by atoms with van der Waals surface area (Å²) in [6, 6.07) is 2.09. The summed E-state index contributed by atoms with van der Waals surface area (Å²) in [4.78, 5) is 29.0. The molecular formula is C30H42N2O3. The molecule has 5 aliphatic rings. The minimum absolute atomic E-state index is 0.0416. The van der Waals surface area contributed by atoms with Crippen LogP contribution in [0.2, 0.25) is 0 Å². The zero-order valence-corrected chi connectivity index (χ0v) is 22.5. The molecule has 3 fully saturated rings. The summed E-state index contributed by atoms with van der Waals surface area (Å²) in [5.41, 5.74) is -0.448. The molecule has 0 aromatic rings. The van der Waals surface area contributed by atoms with Gasteiger partial charge in [0.15, 0.2) is 5.78 Å². The molecule has 35 heavy (non-hydrogen) atoms. The fourth-order valence-electron chi connectivity index (χ4n) is 9.57. The first kappa shape index (κ1) is 24.8. The predicted octanol–water partition coefficient (Wildman–Crippen LogP) is 5.75. The van der Waals surface area contributed by atoms with E-state index in [2.05, 4.69) is 40.7 Å². The molecule has 5 heteroatoms. The molecule has 0 aromatic heterocycles. The van der Waals surface area contributed by atoms with Crippen molar-refractivity contribution in [3.8, 4) is 6.07 Å². The largest absolute Gasteiger partial charge is 0.365 e. The van der Waals surface area contributed by atoms with E-state index in [0.29, 0.717) is 6.61 Å². The Morgan fingerprint density at radius 1 is 1.14 bits per heavy atom. The molecule has 2 aliphatic heterocycles. The van der Waals surface area contributed by atoms with Crippen LogP contribution in [0.15, 0.2) is 23.3 Å². The molecule has 7 atom stereocenters. The van der Waals surface area contributed by atoms with Crippen molar-refractivity contribution in [3.05, 3.63) is 23.3 Å². The van der Waals surface area contributed by atoms with E-state index < -0.39 is 11.0 Å². The van der Waals surface area contributed by atoms with Gasteiger partial charge in [-0.1, -0.05) is 53.9 Å². The topological polar surface area (TPSA) is 70.4 Å². The van der Waals surface area contributed by atoms with Gasteiger partial charge in [0.2, 0.25) is 0 Å². The van der Waals surface area contributed by atoms with Crippen molar-refractivity contribution >= 4 is 11.7 Å². The minimum Gasteiger partial charge on any atom is -0.365 e. The highest BCUT2D eigenvalue weighted by atomic mass is 16.5. The van der Waals surface area contributed by atoms with Gasteiger partial charge in [0.1, 0.15) is 17.2 Å². The molecule has 1 unspecified atom stereocenters. The van der Waals surface area contributed by atoms with Crippen molar-refractivity contribution in [2.75, 3.05) is 13.7 Å². The molecule has 5 nitrogen and oxygen atoms in total. The SMILES string of the molecule is CCCC[C@@]12CC[C@@]3(C)[C@]4(C)CC[C@H]5N(C)C(=O)C(C#N)=C[C@]5(C)C4=CC(=O)[C@]3(OC1)C2CCC. The maximum Gasteiger partial charge on any atom is 0.264 e. The lowest BCUT2D eigenvalue weighted by molar-refractivity contribution is -0.198. The van der Waals surface area contributed by atoms with Crippen LogP contribution in [-0.4, -0.2) is 41.9 Å². The van der Waals surface area contributed by atoms with Crippen molar-refractivity contribution < 1.29 is 14.3 Å². The lowest BCUT2D eigenvalue weighted by Crippen LogP contribution is -2.71. The number of carbonyl (C=O) groups excluding carboxylic acids is 2. The zero-order valence-electron chi connectivity index (χ0n) is 22.5. The number of amides is 1. The highest BCUT2D eigenvalue weighted by Gasteiger charge is 2.77. The highest BCUT2D eigenvalue weighted by Crippen LogP contribution is 2.75. The molecule has 2 bridgehead atoms. The highest BCUT2D eigenvalue weighted by molar-refractivity contribution is 6.02. The third kappa shape index (κ3) is 2.73. The number of nitriles is 1. The van der Waals surface area contributed by atoms with Crippen LogP contribution < -0.4 is 0 Å². The van der Waals surface area contributed by atoms with Gasteiger partial charge < -0.3 is 9.64 Å². The Hall–Kier alpha value is -1.93. The molecule has 2 heterocycles. The van der Waals surface area contributed by atoms with E-state index in [0.717, 1.165) is 50.5 Å². The van der Waals surface area contributed by atoms with Crippen LogP contribution in [0, 0.1) is 38.9 Å². The molecule has 5 rings (SSSR count). The van der Waals surface area contributed by atoms with E-state index in [1.54, 1.807) is 4.90 Å². The van der Waals surface area contributed by atoms with E-state index in [4.69, 9.17) is 4.74 Å². The summed E-state index contributed by atoms with van der Waals surface area (Å²) in [5, 5.41) is 9.74. The number of hydrogen-bond donors (Lipinski definition) is 0. The number of fused-ring (bicyclic) bond motifs is 5. The number of nitrogens with zero attached hydrogens (tertiary/aromatic N) is 2. The van der Waals surface area contributed by atoms with Gasteiger partial charge in [0.25, 0.3) is 5.91 Å². The van der Waals surface area contributed by atoms with Crippen molar-refractivity contribution in [1.29, 1.82) is 5.26 Å². The lowest BCUT2D eigenvalue weighted by Gasteiger charge is -2.68. The first-order valence-corrected chi connectivity index (χ1v) is 13.8. The van der Waals surface area contributed by atoms with E-state index in [-0.39, 0.29) is 45.5 Å². The second-order valence-electron chi connectivity index (χ2n) is 12.8. The monoisotopic (exact) mass is 478 g/mol. The molecule has 0 radical (unpaired) electrons. The smallest absolute Gasteiger partial charge is 0.264 e. The minimum atomic E-state index is -0.769. The van der Waals surface area contributed by atoms with Gasteiger partial charge in [-0.25, -0.2) is 0 Å². The van der Waals surface area contributed by atoms with E-state index in [9.17, 15) is 14.9 Å². The van der Waals surface area contributed by atoms with Crippen LogP contribution >= 0.6 is 0 Å². The average Bonchev–Trinajstić information content (AvgIpc) is 3.07. The number of unbranched alkanes of at least 4 members (excludes halogenated alkanes) is 1. The summed E-state index contributed by atoms with van der Waals surface area (Å²) in [5.74, 6) is 0.181. The number of rotatable bonds is 5. The Labute approximate surface area is 211 Å². The quantitative estimate of drug-likeness (QED) is 0.504. The van der Waals surface area contributed by atoms with Crippen LogP contribution in [0.5, 0.6) is 0 Å². The molecule has 1 saturated heterocycles. The molecule has 1 spiro atoms. The predicted molar refractivity (Wildman–Crippen MR) is 135 cm³/mol. The summed E-state index contributed by atoms with van der Waals surface area (Å²) in [6.07, 6.45) is 13.3. The van der Waals surface area contributed by atoms with Crippen molar-refractivity contribution in [2.45, 2.75) is 104 Å². The molecular weight excluding hydrogens is 436 g/mol. The first-order valence-electron chi connectivity index (χ1n) is 13.8. The normalized spacial score (nSPS) is 46.3. The maximum absolute atomic E-state index is 14.5. The standard InChI is InChI=1S/C30H42N2O3/c1-7-9-12-29-15-14-28(5)27(4)13-11-23-26(3,17-20(18-31)25(34)32(23)6)22(27)16-24(33)30(28,35-19-29)21(29)10-8-2/h16-17,21,23H,7-15,19H2,1-6H3/t21?,23-,26-,27-,28+,29-,30-/m1/s1. The molecule has 0 N–H and O–H groups in total. The fraction of sp³-hybridized carbons (Fsp3) is 0.767. The van der Waals surface area contributed by atoms with Gasteiger partial charge in [0.05, 0.1) is 6.61 Å². The van der Waals surface area contributed by atoms with Gasteiger partial charge in [-0.15, -0.1) is 0 Å². The van der Waals surface area contributed by atoms with Crippen molar-refractivity contribution in [1.82, 2.24) is 4.90 Å². The van der Waals surface area contributed by atoms with E-state index >= 15 is 0 Å². The second kappa shape index (κ2) is 7.78. The molecule has 2 saturated carbocycles.